The molecule has 0 spiro atoms. The number of thioether (sulfide) groups is 1. The van der Waals surface area contributed by atoms with Crippen LogP contribution in [-0.2, 0) is 4.79 Å². The van der Waals surface area contributed by atoms with Gasteiger partial charge in [0.2, 0.25) is 0 Å². The molecule has 0 bridgehead atoms. The summed E-state index contributed by atoms with van der Waals surface area (Å²) < 4.78 is 11.6. The van der Waals surface area contributed by atoms with Gasteiger partial charge < -0.3 is 14.6 Å². The molecular formula is C25H28N2O5S. The topological polar surface area (TPSA) is 88.4 Å². The van der Waals surface area contributed by atoms with Crippen molar-refractivity contribution in [2.45, 2.75) is 33.6 Å². The standard InChI is InChI=1S/C25H28N2O5S/c1-4-7-14-32-20-13-8-17(15-21(20)31-6-3)16-22-23(28)27(5-2)25(33-22)26-19-11-9-18(10-12-19)24(29)30/h8-13,15-16H,4-7,14H2,1-3H3,(H,29,30)/b22-16+,26-25?. The van der Waals surface area contributed by atoms with Crippen LogP contribution >= 0.6 is 11.8 Å². The van der Waals surface area contributed by atoms with Crippen LogP contribution in [0.3, 0.4) is 0 Å². The number of carboxylic acid groups (broad SMARTS) is 1. The summed E-state index contributed by atoms with van der Waals surface area (Å²) in [7, 11) is 0. The predicted octanol–water partition coefficient (Wildman–Crippen LogP) is 5.59. The molecule has 7 nitrogen and oxygen atoms in total. The molecule has 1 aliphatic rings. The molecule has 1 fully saturated rings. The summed E-state index contributed by atoms with van der Waals surface area (Å²) in [5.41, 5.74) is 1.61. The quantitative estimate of drug-likeness (QED) is 0.361. The van der Waals surface area contributed by atoms with E-state index in [0.717, 1.165) is 18.4 Å². The van der Waals surface area contributed by atoms with Gasteiger partial charge in [0, 0.05) is 6.54 Å². The molecule has 0 atom stereocenters. The van der Waals surface area contributed by atoms with Crippen molar-refractivity contribution >= 4 is 40.6 Å². The number of aromatic carboxylic acids is 1. The minimum absolute atomic E-state index is 0.121. The smallest absolute Gasteiger partial charge is 0.335 e. The van der Waals surface area contributed by atoms with E-state index < -0.39 is 5.97 Å². The van der Waals surface area contributed by atoms with Gasteiger partial charge in [-0.25, -0.2) is 9.79 Å². The van der Waals surface area contributed by atoms with E-state index in [4.69, 9.17) is 14.6 Å². The third-order valence-electron chi connectivity index (χ3n) is 4.86. The van der Waals surface area contributed by atoms with Crippen LogP contribution in [0.4, 0.5) is 5.69 Å². The fourth-order valence-corrected chi connectivity index (χ4v) is 4.20. The zero-order valence-corrected chi connectivity index (χ0v) is 19.9. The minimum atomic E-state index is -0.992. The molecule has 2 aromatic rings. The Morgan fingerprint density at radius 3 is 2.48 bits per heavy atom. The third kappa shape index (κ3) is 6.16. The van der Waals surface area contributed by atoms with E-state index in [1.165, 1.54) is 23.9 Å². The van der Waals surface area contributed by atoms with Crippen molar-refractivity contribution in [2.24, 2.45) is 4.99 Å². The zero-order valence-electron chi connectivity index (χ0n) is 19.0. The van der Waals surface area contributed by atoms with E-state index in [2.05, 4.69) is 11.9 Å². The zero-order chi connectivity index (χ0) is 23.8. The molecule has 0 radical (unpaired) electrons. The monoisotopic (exact) mass is 468 g/mol. The van der Waals surface area contributed by atoms with Gasteiger partial charge in [-0.1, -0.05) is 19.4 Å². The van der Waals surface area contributed by atoms with Crippen molar-refractivity contribution in [1.82, 2.24) is 4.90 Å². The van der Waals surface area contributed by atoms with Crippen LogP contribution in [0.5, 0.6) is 11.5 Å². The lowest BCUT2D eigenvalue weighted by Crippen LogP contribution is -2.28. The number of aliphatic imine (C=N–C) groups is 1. The highest BCUT2D eigenvalue weighted by Crippen LogP contribution is 2.36. The van der Waals surface area contributed by atoms with Gasteiger partial charge in [-0.3, -0.25) is 9.69 Å². The molecule has 0 aromatic heterocycles. The van der Waals surface area contributed by atoms with Gasteiger partial charge in [-0.05, 0) is 80.1 Å². The molecule has 0 aliphatic carbocycles. The number of likely N-dealkylation sites (N-methyl/N-ethyl adjacent to an activating group) is 1. The third-order valence-corrected chi connectivity index (χ3v) is 5.87. The summed E-state index contributed by atoms with van der Waals surface area (Å²) in [4.78, 5) is 30.7. The second kappa shape index (κ2) is 11.6. The Morgan fingerprint density at radius 1 is 1.09 bits per heavy atom. The molecule has 1 amide bonds. The van der Waals surface area contributed by atoms with Crippen LogP contribution in [0, 0.1) is 0 Å². The normalized spacial score (nSPS) is 16.0. The molecule has 3 rings (SSSR count). The minimum Gasteiger partial charge on any atom is -0.490 e. The van der Waals surface area contributed by atoms with Crippen molar-refractivity contribution in [1.29, 1.82) is 0 Å². The number of nitrogens with zero attached hydrogens (tertiary/aromatic N) is 2. The maximum Gasteiger partial charge on any atom is 0.335 e. The first kappa shape index (κ1) is 24.4. The SMILES string of the molecule is CCCCOc1ccc(/C=C2/SC(=Nc3ccc(C(=O)O)cc3)N(CC)C2=O)cc1OCC. The first-order valence-electron chi connectivity index (χ1n) is 11.0. The molecule has 1 saturated heterocycles. The molecule has 174 valence electrons. The molecule has 0 unspecified atom stereocenters. The van der Waals surface area contributed by atoms with E-state index in [-0.39, 0.29) is 11.5 Å². The van der Waals surface area contributed by atoms with E-state index in [0.29, 0.717) is 47.0 Å². The summed E-state index contributed by atoms with van der Waals surface area (Å²) in [6.07, 6.45) is 3.84. The highest BCUT2D eigenvalue weighted by molar-refractivity contribution is 8.18. The van der Waals surface area contributed by atoms with Crippen LogP contribution in [0.25, 0.3) is 6.08 Å². The average Bonchev–Trinajstić information content (AvgIpc) is 3.09. The first-order valence-corrected chi connectivity index (χ1v) is 11.8. The number of rotatable bonds is 10. The molecule has 1 N–H and O–H groups in total. The Balaban J connectivity index is 1.85. The lowest BCUT2D eigenvalue weighted by atomic mass is 10.2. The first-order chi connectivity index (χ1) is 16.0. The highest BCUT2D eigenvalue weighted by Gasteiger charge is 2.32. The number of benzene rings is 2. The summed E-state index contributed by atoms with van der Waals surface area (Å²) in [5.74, 6) is 0.233. The summed E-state index contributed by atoms with van der Waals surface area (Å²) in [6.45, 7) is 7.54. The van der Waals surface area contributed by atoms with Crippen LogP contribution in [-0.4, -0.2) is 46.8 Å². The number of amidine groups is 1. The van der Waals surface area contributed by atoms with Crippen molar-refractivity contribution in [3.05, 3.63) is 58.5 Å². The maximum absolute atomic E-state index is 13.0. The maximum atomic E-state index is 13.0. The predicted molar refractivity (Wildman–Crippen MR) is 131 cm³/mol. The number of ether oxygens (including phenoxy) is 2. The van der Waals surface area contributed by atoms with Crippen LogP contribution in [0.1, 0.15) is 49.5 Å². The van der Waals surface area contributed by atoms with Gasteiger partial charge in [-0.2, -0.15) is 0 Å². The van der Waals surface area contributed by atoms with Gasteiger partial charge >= 0.3 is 5.97 Å². The Hall–Kier alpha value is -3.26. The van der Waals surface area contributed by atoms with Crippen LogP contribution < -0.4 is 9.47 Å². The number of hydrogen-bond acceptors (Lipinski definition) is 6. The number of unbranched alkanes of at least 4 members (excludes halogenated alkanes) is 1. The molecule has 1 heterocycles. The Bertz CT molecular complexity index is 1060. The second-order valence-electron chi connectivity index (χ2n) is 7.25. The van der Waals surface area contributed by atoms with Gasteiger partial charge in [-0.15, -0.1) is 0 Å². The van der Waals surface area contributed by atoms with Crippen molar-refractivity contribution in [3.63, 3.8) is 0 Å². The van der Waals surface area contributed by atoms with E-state index in [1.54, 1.807) is 17.0 Å². The Labute approximate surface area is 198 Å². The highest BCUT2D eigenvalue weighted by atomic mass is 32.2. The molecular weight excluding hydrogens is 440 g/mol. The fraction of sp³-hybridized carbons (Fsp3) is 0.320. The number of carbonyl (C=O) groups is 2. The van der Waals surface area contributed by atoms with Crippen LogP contribution in [0.2, 0.25) is 0 Å². The van der Waals surface area contributed by atoms with E-state index >= 15 is 0 Å². The van der Waals surface area contributed by atoms with Crippen molar-refractivity contribution in [3.8, 4) is 11.5 Å². The lowest BCUT2D eigenvalue weighted by Gasteiger charge is -2.12. The molecule has 0 saturated carbocycles. The Morgan fingerprint density at radius 2 is 1.85 bits per heavy atom. The molecule has 1 aliphatic heterocycles. The van der Waals surface area contributed by atoms with E-state index in [9.17, 15) is 9.59 Å². The van der Waals surface area contributed by atoms with Gasteiger partial charge in [0.1, 0.15) is 0 Å². The summed E-state index contributed by atoms with van der Waals surface area (Å²) in [5, 5.41) is 9.61. The molecule has 2 aromatic carbocycles. The fourth-order valence-electron chi connectivity index (χ4n) is 3.14. The number of amides is 1. The summed E-state index contributed by atoms with van der Waals surface area (Å²) in [6, 6.07) is 11.9. The summed E-state index contributed by atoms with van der Waals surface area (Å²) >= 11 is 1.29. The largest absolute Gasteiger partial charge is 0.490 e. The molecule has 33 heavy (non-hydrogen) atoms. The Kier molecular flexibility index (Phi) is 8.54. The molecule has 8 heteroatoms. The van der Waals surface area contributed by atoms with Crippen LogP contribution in [0.15, 0.2) is 52.4 Å². The van der Waals surface area contributed by atoms with E-state index in [1.807, 2.05) is 38.1 Å². The number of hydrogen-bond donors (Lipinski definition) is 1. The number of carboxylic acids is 1. The van der Waals surface area contributed by atoms with Crippen molar-refractivity contribution in [2.75, 3.05) is 19.8 Å². The van der Waals surface area contributed by atoms with Crippen molar-refractivity contribution < 1.29 is 24.2 Å². The van der Waals surface area contributed by atoms with Gasteiger partial charge in [0.05, 0.1) is 29.4 Å². The average molecular weight is 469 g/mol. The van der Waals surface area contributed by atoms with Gasteiger partial charge in [0.15, 0.2) is 16.7 Å². The van der Waals surface area contributed by atoms with Gasteiger partial charge in [0.25, 0.3) is 5.91 Å². The lowest BCUT2D eigenvalue weighted by molar-refractivity contribution is -0.122. The second-order valence-corrected chi connectivity index (χ2v) is 8.26. The number of carbonyl (C=O) groups excluding carboxylic acids is 1.